The van der Waals surface area contributed by atoms with Crippen LogP contribution in [0.2, 0.25) is 0 Å². The summed E-state index contributed by atoms with van der Waals surface area (Å²) >= 11 is 0. The van der Waals surface area contributed by atoms with Gasteiger partial charge in [-0.15, -0.1) is 0 Å². The van der Waals surface area contributed by atoms with Gasteiger partial charge in [-0.05, 0) is 17.7 Å². The maximum Gasteiger partial charge on any atom is 0.200 e. The number of fused-ring (bicyclic) bond motifs is 1. The average Bonchev–Trinajstić information content (AvgIpc) is 2.48. The van der Waals surface area contributed by atoms with Crippen LogP contribution in [-0.4, -0.2) is 7.11 Å². The van der Waals surface area contributed by atoms with Crippen molar-refractivity contribution in [1.29, 1.82) is 0 Å². The maximum absolute atomic E-state index is 12.5. The third kappa shape index (κ3) is 1.89. The highest BCUT2D eigenvalue weighted by Crippen LogP contribution is 2.25. The molecular weight excluding hydrogens is 240 g/mol. The zero-order valence-electron chi connectivity index (χ0n) is 10.4. The van der Waals surface area contributed by atoms with Crippen LogP contribution in [-0.2, 0) is 0 Å². The van der Waals surface area contributed by atoms with Crippen molar-refractivity contribution in [3.63, 3.8) is 0 Å². The molecule has 0 radical (unpaired) electrons. The Morgan fingerprint density at radius 2 is 1.79 bits per heavy atom. The zero-order chi connectivity index (χ0) is 13.2. The minimum absolute atomic E-state index is 0.0497. The van der Waals surface area contributed by atoms with Gasteiger partial charge in [0.1, 0.15) is 6.26 Å². The molecular formula is C16H12O3. The first kappa shape index (κ1) is 11.5. The van der Waals surface area contributed by atoms with Crippen LogP contribution < -0.4 is 10.2 Å². The molecule has 3 rings (SSSR count). The lowest BCUT2D eigenvalue weighted by atomic mass is 10.1. The monoisotopic (exact) mass is 252 g/mol. The third-order valence-corrected chi connectivity index (χ3v) is 3.07. The van der Waals surface area contributed by atoms with Crippen LogP contribution in [0.1, 0.15) is 0 Å². The van der Waals surface area contributed by atoms with E-state index in [2.05, 4.69) is 0 Å². The lowest BCUT2D eigenvalue weighted by Crippen LogP contribution is -2.05. The van der Waals surface area contributed by atoms with E-state index in [1.165, 1.54) is 6.26 Å². The van der Waals surface area contributed by atoms with E-state index in [0.29, 0.717) is 22.3 Å². The molecule has 3 nitrogen and oxygen atoms in total. The SMILES string of the molecule is COc1cccc2c(=O)c(-c3ccccc3)coc12. The van der Waals surface area contributed by atoms with Gasteiger partial charge in [0.15, 0.2) is 11.3 Å². The smallest absolute Gasteiger partial charge is 0.200 e. The fourth-order valence-corrected chi connectivity index (χ4v) is 2.11. The fourth-order valence-electron chi connectivity index (χ4n) is 2.11. The largest absolute Gasteiger partial charge is 0.493 e. The molecule has 0 spiro atoms. The van der Waals surface area contributed by atoms with Crippen molar-refractivity contribution in [1.82, 2.24) is 0 Å². The van der Waals surface area contributed by atoms with Gasteiger partial charge in [0.25, 0.3) is 0 Å². The lowest BCUT2D eigenvalue weighted by Gasteiger charge is -2.05. The van der Waals surface area contributed by atoms with Crippen LogP contribution in [0, 0.1) is 0 Å². The number of hydrogen-bond donors (Lipinski definition) is 0. The molecule has 94 valence electrons. The van der Waals surface area contributed by atoms with E-state index < -0.39 is 0 Å². The van der Waals surface area contributed by atoms with Crippen LogP contribution in [0.5, 0.6) is 5.75 Å². The van der Waals surface area contributed by atoms with Crippen LogP contribution >= 0.6 is 0 Å². The van der Waals surface area contributed by atoms with Crippen LogP contribution in [0.15, 0.2) is 64.0 Å². The lowest BCUT2D eigenvalue weighted by molar-refractivity contribution is 0.409. The highest BCUT2D eigenvalue weighted by molar-refractivity contribution is 5.85. The second-order valence-corrected chi connectivity index (χ2v) is 4.18. The van der Waals surface area contributed by atoms with E-state index in [4.69, 9.17) is 9.15 Å². The van der Waals surface area contributed by atoms with Crippen molar-refractivity contribution >= 4 is 11.0 Å². The molecule has 1 heterocycles. The summed E-state index contributed by atoms with van der Waals surface area (Å²) in [5.74, 6) is 0.564. The molecule has 0 saturated heterocycles. The van der Waals surface area contributed by atoms with Gasteiger partial charge in [0.2, 0.25) is 5.43 Å². The summed E-state index contributed by atoms with van der Waals surface area (Å²) in [5.41, 5.74) is 1.84. The van der Waals surface area contributed by atoms with E-state index >= 15 is 0 Å². The second kappa shape index (κ2) is 4.61. The number of para-hydroxylation sites is 1. The Morgan fingerprint density at radius 1 is 1.00 bits per heavy atom. The summed E-state index contributed by atoms with van der Waals surface area (Å²) in [6, 6.07) is 14.8. The molecule has 0 saturated carbocycles. The standard InChI is InChI=1S/C16H12O3/c1-18-14-9-5-8-12-15(17)13(10-19-16(12)14)11-6-3-2-4-7-11/h2-10H,1H3. The molecule has 0 amide bonds. The van der Waals surface area contributed by atoms with E-state index in [-0.39, 0.29) is 5.43 Å². The molecule has 0 fully saturated rings. The summed E-state index contributed by atoms with van der Waals surface area (Å²) in [6.07, 6.45) is 1.49. The quantitative estimate of drug-likeness (QED) is 0.701. The van der Waals surface area contributed by atoms with Crippen LogP contribution in [0.3, 0.4) is 0 Å². The molecule has 1 aromatic heterocycles. The van der Waals surface area contributed by atoms with Gasteiger partial charge in [0.05, 0.1) is 18.1 Å². The summed E-state index contributed by atoms with van der Waals surface area (Å²) in [6.45, 7) is 0. The average molecular weight is 252 g/mol. The predicted octanol–water partition coefficient (Wildman–Crippen LogP) is 3.47. The fraction of sp³-hybridized carbons (Fsp3) is 0.0625. The molecule has 3 heteroatoms. The van der Waals surface area contributed by atoms with Gasteiger partial charge in [-0.2, -0.15) is 0 Å². The molecule has 0 aliphatic rings. The van der Waals surface area contributed by atoms with E-state index in [1.807, 2.05) is 30.3 Å². The van der Waals surface area contributed by atoms with Crippen molar-refractivity contribution in [3.8, 4) is 16.9 Å². The Kier molecular flexibility index (Phi) is 2.80. The van der Waals surface area contributed by atoms with Crippen molar-refractivity contribution in [3.05, 3.63) is 65.0 Å². The molecule has 0 aliphatic heterocycles. The van der Waals surface area contributed by atoms with Crippen LogP contribution in [0.4, 0.5) is 0 Å². The highest BCUT2D eigenvalue weighted by atomic mass is 16.5. The van der Waals surface area contributed by atoms with Crippen molar-refractivity contribution in [2.45, 2.75) is 0 Å². The van der Waals surface area contributed by atoms with E-state index in [1.54, 1.807) is 25.3 Å². The summed E-state index contributed by atoms with van der Waals surface area (Å²) in [4.78, 5) is 12.5. The number of benzene rings is 2. The number of hydrogen-bond acceptors (Lipinski definition) is 3. The van der Waals surface area contributed by atoms with Crippen molar-refractivity contribution < 1.29 is 9.15 Å². The Bertz CT molecular complexity index is 773. The topological polar surface area (TPSA) is 39.4 Å². The molecule has 0 bridgehead atoms. The minimum Gasteiger partial charge on any atom is -0.493 e. The Hall–Kier alpha value is -2.55. The minimum atomic E-state index is -0.0497. The van der Waals surface area contributed by atoms with Crippen molar-refractivity contribution in [2.75, 3.05) is 7.11 Å². The Labute approximate surface area is 110 Å². The molecule has 3 aromatic rings. The maximum atomic E-state index is 12.5. The van der Waals surface area contributed by atoms with E-state index in [0.717, 1.165) is 5.56 Å². The van der Waals surface area contributed by atoms with Crippen molar-refractivity contribution in [2.24, 2.45) is 0 Å². The molecule has 0 N–H and O–H groups in total. The second-order valence-electron chi connectivity index (χ2n) is 4.18. The first-order valence-electron chi connectivity index (χ1n) is 5.95. The van der Waals surface area contributed by atoms with E-state index in [9.17, 15) is 4.79 Å². The normalized spacial score (nSPS) is 10.6. The number of rotatable bonds is 2. The predicted molar refractivity (Wildman–Crippen MR) is 74.5 cm³/mol. The molecule has 19 heavy (non-hydrogen) atoms. The summed E-state index contributed by atoms with van der Waals surface area (Å²) in [5, 5.41) is 0.528. The summed E-state index contributed by atoms with van der Waals surface area (Å²) in [7, 11) is 1.56. The van der Waals surface area contributed by atoms with Crippen LogP contribution in [0.25, 0.3) is 22.1 Å². The highest BCUT2D eigenvalue weighted by Gasteiger charge is 2.11. The van der Waals surface area contributed by atoms with Gasteiger partial charge < -0.3 is 9.15 Å². The molecule has 2 aromatic carbocycles. The zero-order valence-corrected chi connectivity index (χ0v) is 10.4. The molecule has 0 aliphatic carbocycles. The summed E-state index contributed by atoms with van der Waals surface area (Å²) < 4.78 is 10.8. The van der Waals surface area contributed by atoms with Gasteiger partial charge in [-0.3, -0.25) is 4.79 Å². The first-order chi connectivity index (χ1) is 9.31. The third-order valence-electron chi connectivity index (χ3n) is 3.07. The molecule has 0 atom stereocenters. The van der Waals surface area contributed by atoms with Gasteiger partial charge in [-0.25, -0.2) is 0 Å². The Balaban J connectivity index is 2.31. The molecule has 0 unspecified atom stereocenters. The first-order valence-corrected chi connectivity index (χ1v) is 5.95. The van der Waals surface area contributed by atoms with Gasteiger partial charge in [0, 0.05) is 0 Å². The number of ether oxygens (including phenoxy) is 1. The number of methoxy groups -OCH3 is 1. The van der Waals surface area contributed by atoms with Gasteiger partial charge in [-0.1, -0.05) is 36.4 Å². The Morgan fingerprint density at radius 3 is 2.53 bits per heavy atom. The van der Waals surface area contributed by atoms with Gasteiger partial charge >= 0.3 is 0 Å².